The second kappa shape index (κ2) is 8.51. The summed E-state index contributed by atoms with van der Waals surface area (Å²) in [7, 11) is 0. The summed E-state index contributed by atoms with van der Waals surface area (Å²) in [6.45, 7) is 6.58. The van der Waals surface area contributed by atoms with Crippen molar-refractivity contribution in [1.29, 1.82) is 0 Å². The Kier molecular flexibility index (Phi) is 7.25. The summed E-state index contributed by atoms with van der Waals surface area (Å²) in [5, 5.41) is 0. The maximum Gasteiger partial charge on any atom is 0.179 e. The fraction of sp³-hybridized carbons (Fsp3) is 0.786. The van der Waals surface area contributed by atoms with Crippen LogP contribution in [0.2, 0.25) is 0 Å². The zero-order chi connectivity index (χ0) is 12.5. The molecule has 0 amide bonds. The first-order valence-corrected chi connectivity index (χ1v) is 7.46. The Labute approximate surface area is 111 Å². The van der Waals surface area contributed by atoms with E-state index in [1.165, 1.54) is 38.5 Å². The first kappa shape index (κ1) is 14.5. The fourth-order valence-electron chi connectivity index (χ4n) is 2.10. The molecule has 1 rings (SSSR count). The lowest BCUT2D eigenvalue weighted by Gasteiger charge is -2.04. The predicted molar refractivity (Wildman–Crippen MR) is 76.9 cm³/mol. The van der Waals surface area contributed by atoms with Crippen LogP contribution in [0.5, 0.6) is 0 Å². The number of imidazole rings is 1. The lowest BCUT2D eigenvalue weighted by atomic mass is 10.1. The van der Waals surface area contributed by atoms with Crippen molar-refractivity contribution in [2.45, 2.75) is 71.9 Å². The molecule has 0 bridgehead atoms. The smallest absolute Gasteiger partial charge is 0.179 e. The van der Waals surface area contributed by atoms with Crippen molar-refractivity contribution < 1.29 is 0 Å². The largest absolute Gasteiger partial charge is 0.324 e. The minimum Gasteiger partial charge on any atom is -0.324 e. The van der Waals surface area contributed by atoms with E-state index in [2.05, 4.69) is 35.4 Å². The van der Waals surface area contributed by atoms with Crippen molar-refractivity contribution in [2.24, 2.45) is 0 Å². The Hall–Kier alpha value is -0.570. The second-order valence-electron chi connectivity index (χ2n) is 4.74. The van der Waals surface area contributed by atoms with Crippen LogP contribution in [0.3, 0.4) is 0 Å². The van der Waals surface area contributed by atoms with Gasteiger partial charge in [-0.3, -0.25) is 0 Å². The molecule has 0 saturated heterocycles. The van der Waals surface area contributed by atoms with Crippen LogP contribution in [0.1, 0.15) is 58.8 Å². The van der Waals surface area contributed by atoms with E-state index in [0.29, 0.717) is 0 Å². The van der Waals surface area contributed by atoms with E-state index < -0.39 is 0 Å². The van der Waals surface area contributed by atoms with Gasteiger partial charge in [-0.1, -0.05) is 46.0 Å². The molecular formula is C14H26N2S. The number of aromatic nitrogens is 2. The third-order valence-corrected chi connectivity index (χ3v) is 3.60. The van der Waals surface area contributed by atoms with Crippen molar-refractivity contribution in [1.82, 2.24) is 9.13 Å². The summed E-state index contributed by atoms with van der Waals surface area (Å²) in [6.07, 6.45) is 13.4. The molecule has 0 saturated carbocycles. The molecule has 0 unspecified atom stereocenters. The van der Waals surface area contributed by atoms with Crippen molar-refractivity contribution in [3.05, 3.63) is 17.2 Å². The molecule has 3 heteroatoms. The van der Waals surface area contributed by atoms with E-state index in [1.54, 1.807) is 0 Å². The molecule has 1 aromatic heterocycles. The molecule has 0 aliphatic rings. The number of rotatable bonds is 9. The van der Waals surface area contributed by atoms with Crippen LogP contribution < -0.4 is 0 Å². The van der Waals surface area contributed by atoms with E-state index in [1.807, 2.05) is 0 Å². The maximum absolute atomic E-state index is 5.44. The lowest BCUT2D eigenvalue weighted by molar-refractivity contribution is 0.546. The van der Waals surface area contributed by atoms with E-state index in [4.69, 9.17) is 12.2 Å². The third-order valence-electron chi connectivity index (χ3n) is 3.14. The fourth-order valence-corrected chi connectivity index (χ4v) is 2.40. The summed E-state index contributed by atoms with van der Waals surface area (Å²) < 4.78 is 5.37. The highest BCUT2D eigenvalue weighted by molar-refractivity contribution is 7.71. The molecular weight excluding hydrogens is 228 g/mol. The number of hydrogen-bond donors (Lipinski definition) is 0. The van der Waals surface area contributed by atoms with Crippen LogP contribution in [0.25, 0.3) is 0 Å². The Morgan fingerprint density at radius 1 is 0.824 bits per heavy atom. The van der Waals surface area contributed by atoms with E-state index in [-0.39, 0.29) is 0 Å². The Bertz CT molecular complexity index is 351. The van der Waals surface area contributed by atoms with Gasteiger partial charge in [0.05, 0.1) is 0 Å². The molecule has 0 fully saturated rings. The van der Waals surface area contributed by atoms with E-state index in [0.717, 1.165) is 24.3 Å². The van der Waals surface area contributed by atoms with Gasteiger partial charge in [-0.15, -0.1) is 0 Å². The Balaban J connectivity index is 2.25. The van der Waals surface area contributed by atoms with Gasteiger partial charge in [-0.05, 0) is 25.1 Å². The van der Waals surface area contributed by atoms with E-state index >= 15 is 0 Å². The van der Waals surface area contributed by atoms with Crippen molar-refractivity contribution in [3.63, 3.8) is 0 Å². The number of unbranched alkanes of at least 4 members (excludes halogenated alkanes) is 5. The highest BCUT2D eigenvalue weighted by Gasteiger charge is 1.98. The van der Waals surface area contributed by atoms with Crippen molar-refractivity contribution in [2.75, 3.05) is 0 Å². The normalized spacial score (nSPS) is 10.9. The monoisotopic (exact) mass is 254 g/mol. The molecule has 17 heavy (non-hydrogen) atoms. The SMILES string of the molecule is CCCCCCCCn1ccn(CCC)c1=S. The minimum atomic E-state index is 0.986. The van der Waals surface area contributed by atoms with Crippen LogP contribution in [-0.4, -0.2) is 9.13 Å². The molecule has 98 valence electrons. The standard InChI is InChI=1S/C14H26N2S/c1-3-5-6-7-8-9-11-16-13-12-15(10-4-2)14(16)17/h12-13H,3-11H2,1-2H3. The zero-order valence-corrected chi connectivity index (χ0v) is 12.1. The first-order valence-electron chi connectivity index (χ1n) is 7.05. The van der Waals surface area contributed by atoms with Gasteiger partial charge < -0.3 is 9.13 Å². The number of aryl methyl sites for hydroxylation is 2. The zero-order valence-electron chi connectivity index (χ0n) is 11.3. The number of hydrogen-bond acceptors (Lipinski definition) is 1. The van der Waals surface area contributed by atoms with Gasteiger partial charge in [0.1, 0.15) is 0 Å². The maximum atomic E-state index is 5.44. The van der Waals surface area contributed by atoms with Crippen LogP contribution in [-0.2, 0) is 13.1 Å². The van der Waals surface area contributed by atoms with Gasteiger partial charge in [0.2, 0.25) is 0 Å². The predicted octanol–water partition coefficient (Wildman–Crippen LogP) is 4.79. The molecule has 0 spiro atoms. The van der Waals surface area contributed by atoms with Gasteiger partial charge in [0.25, 0.3) is 0 Å². The summed E-state index contributed by atoms with van der Waals surface area (Å²) in [5.41, 5.74) is 0. The van der Waals surface area contributed by atoms with Gasteiger partial charge in [-0.25, -0.2) is 0 Å². The number of nitrogens with zero attached hydrogens (tertiary/aromatic N) is 2. The van der Waals surface area contributed by atoms with Crippen molar-refractivity contribution in [3.8, 4) is 0 Å². The van der Waals surface area contributed by atoms with Gasteiger partial charge in [0, 0.05) is 25.5 Å². The molecule has 1 aromatic rings. The van der Waals surface area contributed by atoms with Crippen molar-refractivity contribution >= 4 is 12.2 Å². The average Bonchev–Trinajstić information content (AvgIpc) is 2.67. The summed E-state index contributed by atoms with van der Waals surface area (Å²) >= 11 is 5.44. The van der Waals surface area contributed by atoms with E-state index in [9.17, 15) is 0 Å². The molecule has 0 N–H and O–H groups in total. The second-order valence-corrected chi connectivity index (χ2v) is 5.10. The van der Waals surface area contributed by atoms with Crippen LogP contribution in [0, 0.1) is 4.77 Å². The van der Waals surface area contributed by atoms with Gasteiger partial charge in [-0.2, -0.15) is 0 Å². The molecule has 0 aliphatic heterocycles. The Morgan fingerprint density at radius 3 is 2.06 bits per heavy atom. The first-order chi connectivity index (χ1) is 8.29. The topological polar surface area (TPSA) is 9.86 Å². The summed E-state index contributed by atoms with van der Waals surface area (Å²) in [6, 6.07) is 0. The highest BCUT2D eigenvalue weighted by Crippen LogP contribution is 2.07. The molecule has 0 atom stereocenters. The molecule has 1 heterocycles. The lowest BCUT2D eigenvalue weighted by Crippen LogP contribution is -2.01. The van der Waals surface area contributed by atoms with Crippen LogP contribution in [0.4, 0.5) is 0 Å². The quantitative estimate of drug-likeness (QED) is 0.455. The summed E-state index contributed by atoms with van der Waals surface area (Å²) in [5.74, 6) is 0. The molecule has 0 aliphatic carbocycles. The van der Waals surface area contributed by atoms with Gasteiger partial charge >= 0.3 is 0 Å². The van der Waals surface area contributed by atoms with Gasteiger partial charge in [0.15, 0.2) is 4.77 Å². The average molecular weight is 254 g/mol. The third kappa shape index (κ3) is 5.07. The Morgan fingerprint density at radius 2 is 1.41 bits per heavy atom. The summed E-state index contributed by atoms with van der Waals surface area (Å²) in [4.78, 5) is 0. The van der Waals surface area contributed by atoms with Crippen LogP contribution >= 0.6 is 12.2 Å². The molecule has 0 radical (unpaired) electrons. The molecule has 0 aromatic carbocycles. The highest BCUT2D eigenvalue weighted by atomic mass is 32.1. The minimum absolute atomic E-state index is 0.986. The van der Waals surface area contributed by atoms with Crippen LogP contribution in [0.15, 0.2) is 12.4 Å². The molecule has 2 nitrogen and oxygen atoms in total.